The van der Waals surface area contributed by atoms with Gasteiger partial charge in [0.2, 0.25) is 0 Å². The fourth-order valence-electron chi connectivity index (χ4n) is 4.85. The third-order valence-corrected chi connectivity index (χ3v) is 6.62. The van der Waals surface area contributed by atoms with Crippen molar-refractivity contribution in [1.29, 1.82) is 0 Å². The van der Waals surface area contributed by atoms with Crippen molar-refractivity contribution in [2.45, 2.75) is 37.8 Å². The van der Waals surface area contributed by atoms with Crippen LogP contribution in [-0.2, 0) is 4.74 Å². The molecule has 6 rings (SSSR count). The van der Waals surface area contributed by atoms with Crippen molar-refractivity contribution in [1.82, 2.24) is 15.0 Å². The number of fused-ring (bicyclic) bond motifs is 2. The van der Waals surface area contributed by atoms with Gasteiger partial charge in [0.15, 0.2) is 5.75 Å². The van der Waals surface area contributed by atoms with E-state index in [1.54, 1.807) is 12.4 Å². The second-order valence-corrected chi connectivity index (χ2v) is 8.90. The fourth-order valence-corrected chi connectivity index (χ4v) is 4.85. The lowest BCUT2D eigenvalue weighted by Crippen LogP contribution is -2.36. The number of nitrogens with zero attached hydrogens (tertiary/aromatic N) is 4. The average Bonchev–Trinajstić information content (AvgIpc) is 2.90. The van der Waals surface area contributed by atoms with Gasteiger partial charge in [-0.15, -0.1) is 0 Å². The number of rotatable bonds is 5. The number of benzene rings is 1. The normalized spacial score (nSPS) is 22.4. The lowest BCUT2D eigenvalue weighted by Gasteiger charge is -2.31. The Morgan fingerprint density at radius 3 is 2.62 bits per heavy atom. The number of nitrogens with one attached hydrogen (secondary N) is 1. The van der Waals surface area contributed by atoms with Crippen LogP contribution in [0, 0.1) is 0 Å². The molecule has 1 saturated carbocycles. The van der Waals surface area contributed by atoms with Crippen LogP contribution in [0.25, 0.3) is 11.0 Å². The van der Waals surface area contributed by atoms with E-state index in [2.05, 4.69) is 37.3 Å². The van der Waals surface area contributed by atoms with Gasteiger partial charge in [-0.1, -0.05) is 0 Å². The zero-order valence-corrected chi connectivity index (χ0v) is 19.1. The van der Waals surface area contributed by atoms with Crippen molar-refractivity contribution in [2.24, 2.45) is 0 Å². The topological polar surface area (TPSA) is 90.9 Å². The number of ether oxygens (including phenoxy) is 4. The van der Waals surface area contributed by atoms with E-state index in [4.69, 9.17) is 18.9 Å². The Kier molecular flexibility index (Phi) is 5.93. The molecule has 1 aromatic carbocycles. The molecule has 178 valence electrons. The molecule has 34 heavy (non-hydrogen) atoms. The summed E-state index contributed by atoms with van der Waals surface area (Å²) in [5, 5.41) is 3.55. The highest BCUT2D eigenvalue weighted by molar-refractivity contribution is 5.85. The average molecular weight is 464 g/mol. The Morgan fingerprint density at radius 2 is 1.74 bits per heavy atom. The highest BCUT2D eigenvalue weighted by Crippen LogP contribution is 2.34. The van der Waals surface area contributed by atoms with Crippen LogP contribution in [0.5, 0.6) is 17.4 Å². The minimum absolute atomic E-state index is 0.149. The Bertz CT molecular complexity index is 1150. The fraction of sp³-hybridized carbons (Fsp3) is 0.480. The monoisotopic (exact) mass is 463 g/mol. The maximum Gasteiger partial charge on any atom is 0.259 e. The number of morpholine rings is 1. The van der Waals surface area contributed by atoms with Crippen molar-refractivity contribution >= 4 is 22.5 Å². The van der Waals surface area contributed by atoms with Crippen LogP contribution in [-0.4, -0.2) is 66.6 Å². The molecule has 0 radical (unpaired) electrons. The molecule has 3 aliphatic rings. The van der Waals surface area contributed by atoms with Crippen molar-refractivity contribution in [3.05, 3.63) is 36.7 Å². The van der Waals surface area contributed by atoms with E-state index >= 15 is 0 Å². The Balaban J connectivity index is 1.12. The van der Waals surface area contributed by atoms with Gasteiger partial charge in [-0.3, -0.25) is 4.98 Å². The lowest BCUT2D eigenvalue weighted by molar-refractivity contribution is 0.122. The summed E-state index contributed by atoms with van der Waals surface area (Å²) in [6.45, 7) is 4.33. The zero-order chi connectivity index (χ0) is 22.7. The minimum atomic E-state index is 0.149. The van der Waals surface area contributed by atoms with Gasteiger partial charge < -0.3 is 29.2 Å². The van der Waals surface area contributed by atoms with E-state index in [1.807, 2.05) is 12.1 Å². The first kappa shape index (κ1) is 21.2. The van der Waals surface area contributed by atoms with Crippen LogP contribution in [0.3, 0.4) is 0 Å². The summed E-state index contributed by atoms with van der Waals surface area (Å²) in [7, 11) is 0. The van der Waals surface area contributed by atoms with Crippen molar-refractivity contribution in [3.8, 4) is 17.4 Å². The Labute approximate surface area is 198 Å². The van der Waals surface area contributed by atoms with E-state index in [0.29, 0.717) is 30.9 Å². The lowest BCUT2D eigenvalue weighted by atomic mass is 9.93. The Hall–Kier alpha value is -3.33. The zero-order valence-electron chi connectivity index (χ0n) is 19.1. The summed E-state index contributed by atoms with van der Waals surface area (Å²) >= 11 is 0. The van der Waals surface area contributed by atoms with Gasteiger partial charge in [-0.25, -0.2) is 4.98 Å². The largest absolute Gasteiger partial charge is 0.488 e. The van der Waals surface area contributed by atoms with E-state index in [0.717, 1.165) is 80.3 Å². The van der Waals surface area contributed by atoms with Crippen LogP contribution >= 0.6 is 0 Å². The molecule has 0 atom stereocenters. The number of hydrogen-bond donors (Lipinski definition) is 1. The third kappa shape index (κ3) is 4.52. The van der Waals surface area contributed by atoms with Crippen molar-refractivity contribution < 1.29 is 18.9 Å². The molecule has 1 N–H and O–H groups in total. The molecule has 9 nitrogen and oxygen atoms in total. The molecule has 0 unspecified atom stereocenters. The van der Waals surface area contributed by atoms with Crippen LogP contribution in [0.4, 0.5) is 11.5 Å². The predicted molar refractivity (Wildman–Crippen MR) is 128 cm³/mol. The molecule has 0 amide bonds. The maximum absolute atomic E-state index is 6.53. The number of hydrogen-bond acceptors (Lipinski definition) is 9. The SMILES string of the molecule is c1cnc2c(O[C@H]3CC[C@@H](Nc4ccc5c(n4)OCCO5)CC3)cc(N3CCOCC3)cc2n1. The highest BCUT2D eigenvalue weighted by atomic mass is 16.6. The number of aromatic nitrogens is 3. The summed E-state index contributed by atoms with van der Waals surface area (Å²) in [6.07, 6.45) is 7.55. The molecular weight excluding hydrogens is 434 g/mol. The second-order valence-electron chi connectivity index (χ2n) is 8.90. The van der Waals surface area contributed by atoms with Gasteiger partial charge in [-0.05, 0) is 43.9 Å². The summed E-state index contributed by atoms with van der Waals surface area (Å²) in [5.41, 5.74) is 2.80. The first-order valence-corrected chi connectivity index (χ1v) is 12.1. The molecule has 4 heterocycles. The van der Waals surface area contributed by atoms with Gasteiger partial charge in [0.25, 0.3) is 5.88 Å². The third-order valence-electron chi connectivity index (χ3n) is 6.62. The molecule has 2 fully saturated rings. The number of pyridine rings is 1. The summed E-state index contributed by atoms with van der Waals surface area (Å²) < 4.78 is 23.2. The van der Waals surface area contributed by atoms with Gasteiger partial charge in [-0.2, -0.15) is 4.98 Å². The molecular formula is C25H29N5O4. The smallest absolute Gasteiger partial charge is 0.259 e. The standard InChI is InChI=1S/C25H29N5O4/c1-3-19(4-2-17(1)28-23-6-5-21-25(29-23)33-14-13-32-21)34-22-16-18(30-9-11-31-12-10-30)15-20-24(22)27-8-7-26-20/h5-8,15-17,19H,1-4,9-14H2,(H,28,29)/t17-,19+. The molecule has 3 aromatic rings. The van der Waals surface area contributed by atoms with Crippen LogP contribution in [0.1, 0.15) is 25.7 Å². The molecule has 2 aliphatic heterocycles. The highest BCUT2D eigenvalue weighted by Gasteiger charge is 2.25. The molecule has 1 aliphatic carbocycles. The van der Waals surface area contributed by atoms with Crippen LogP contribution in [0.2, 0.25) is 0 Å². The molecule has 9 heteroatoms. The molecule has 2 aromatic heterocycles. The van der Waals surface area contributed by atoms with Crippen molar-refractivity contribution in [3.63, 3.8) is 0 Å². The van der Waals surface area contributed by atoms with Gasteiger partial charge >= 0.3 is 0 Å². The molecule has 0 bridgehead atoms. The van der Waals surface area contributed by atoms with Gasteiger partial charge in [0.1, 0.15) is 30.3 Å². The van der Waals surface area contributed by atoms with Gasteiger partial charge in [0.05, 0.1) is 24.8 Å². The van der Waals surface area contributed by atoms with Crippen LogP contribution < -0.4 is 24.4 Å². The van der Waals surface area contributed by atoms with Crippen molar-refractivity contribution in [2.75, 3.05) is 49.7 Å². The maximum atomic E-state index is 6.53. The van der Waals surface area contributed by atoms with Crippen LogP contribution in [0.15, 0.2) is 36.7 Å². The minimum Gasteiger partial charge on any atom is -0.488 e. The summed E-state index contributed by atoms with van der Waals surface area (Å²) in [4.78, 5) is 16.0. The predicted octanol–water partition coefficient (Wildman–Crippen LogP) is 3.43. The summed E-state index contributed by atoms with van der Waals surface area (Å²) in [6, 6.07) is 8.45. The molecule has 0 spiro atoms. The first-order valence-electron chi connectivity index (χ1n) is 12.1. The Morgan fingerprint density at radius 1 is 0.912 bits per heavy atom. The number of anilines is 2. The molecule has 1 saturated heterocycles. The van der Waals surface area contributed by atoms with E-state index in [9.17, 15) is 0 Å². The van der Waals surface area contributed by atoms with E-state index in [1.165, 1.54) is 0 Å². The quantitative estimate of drug-likeness (QED) is 0.611. The van der Waals surface area contributed by atoms with E-state index in [-0.39, 0.29) is 6.10 Å². The van der Waals surface area contributed by atoms with E-state index < -0.39 is 0 Å². The summed E-state index contributed by atoms with van der Waals surface area (Å²) in [5.74, 6) is 2.93. The van der Waals surface area contributed by atoms with Gasteiger partial charge in [0, 0.05) is 43.3 Å². The second kappa shape index (κ2) is 9.50. The first-order chi connectivity index (χ1) is 16.8.